The van der Waals surface area contributed by atoms with E-state index in [2.05, 4.69) is 10.6 Å². The smallest absolute Gasteiger partial charge is 0.339 e. The Labute approximate surface area is 153 Å². The summed E-state index contributed by atoms with van der Waals surface area (Å²) < 4.78 is 35.3. The quantitative estimate of drug-likeness (QED) is 0.513. The Morgan fingerprint density at radius 3 is 2.42 bits per heavy atom. The molecule has 2 aromatic carbocycles. The summed E-state index contributed by atoms with van der Waals surface area (Å²) in [7, 11) is -2.37. The number of para-hydroxylation sites is 1. The third-order valence-electron chi connectivity index (χ3n) is 3.43. The summed E-state index contributed by atoms with van der Waals surface area (Å²) in [5.74, 6) is 0.0371. The maximum Gasteiger partial charge on any atom is 0.339 e. The molecule has 2 aromatic rings. The van der Waals surface area contributed by atoms with Crippen molar-refractivity contribution in [3.8, 4) is 5.75 Å². The van der Waals surface area contributed by atoms with Gasteiger partial charge in [0.2, 0.25) is 5.91 Å². The lowest BCUT2D eigenvalue weighted by molar-refractivity contribution is -0.114. The van der Waals surface area contributed by atoms with Crippen molar-refractivity contribution in [3.63, 3.8) is 0 Å². The first-order valence-corrected chi connectivity index (χ1v) is 9.43. The topological polar surface area (TPSA) is 93.7 Å². The zero-order valence-corrected chi connectivity index (χ0v) is 15.5. The Morgan fingerprint density at radius 1 is 1.08 bits per heavy atom. The second-order valence-electron chi connectivity index (χ2n) is 5.52. The first kappa shape index (κ1) is 19.9. The number of nitrogens with one attached hydrogen (secondary N) is 2. The van der Waals surface area contributed by atoms with Crippen molar-refractivity contribution in [2.45, 2.75) is 18.4 Å². The van der Waals surface area contributed by atoms with Crippen LogP contribution in [-0.4, -0.2) is 34.6 Å². The van der Waals surface area contributed by atoms with E-state index < -0.39 is 10.1 Å². The number of methoxy groups -OCH3 is 1. The predicted molar refractivity (Wildman–Crippen MR) is 98.6 cm³/mol. The average Bonchev–Trinajstić information content (AvgIpc) is 2.60. The van der Waals surface area contributed by atoms with Gasteiger partial charge in [-0.2, -0.15) is 8.42 Å². The van der Waals surface area contributed by atoms with Crippen LogP contribution in [0.3, 0.4) is 0 Å². The van der Waals surface area contributed by atoms with Crippen LogP contribution >= 0.6 is 0 Å². The number of carbonyl (C=O) groups excluding carboxylic acids is 1. The molecular weight excluding hydrogens is 356 g/mol. The molecule has 7 nitrogen and oxygen atoms in total. The van der Waals surface area contributed by atoms with Crippen LogP contribution in [0.2, 0.25) is 0 Å². The normalized spacial score (nSPS) is 11.2. The van der Waals surface area contributed by atoms with E-state index in [1.165, 1.54) is 31.2 Å². The summed E-state index contributed by atoms with van der Waals surface area (Å²) in [4.78, 5) is 11.0. The molecule has 2 N–H and O–H groups in total. The van der Waals surface area contributed by atoms with Crippen LogP contribution in [0, 0.1) is 0 Å². The molecule has 2 rings (SSSR count). The molecule has 0 radical (unpaired) electrons. The van der Waals surface area contributed by atoms with Crippen LogP contribution in [0.4, 0.5) is 5.69 Å². The second kappa shape index (κ2) is 9.33. The first-order chi connectivity index (χ1) is 12.4. The van der Waals surface area contributed by atoms with Crippen LogP contribution in [0.15, 0.2) is 53.4 Å². The Balaban J connectivity index is 2.12. The van der Waals surface area contributed by atoms with Gasteiger partial charge in [-0.15, -0.1) is 0 Å². The molecule has 0 unspecified atom stereocenters. The van der Waals surface area contributed by atoms with Gasteiger partial charge < -0.3 is 19.6 Å². The van der Waals surface area contributed by atoms with Crippen molar-refractivity contribution in [2.24, 2.45) is 0 Å². The number of hydrogen-bond donors (Lipinski definition) is 2. The summed E-state index contributed by atoms with van der Waals surface area (Å²) in [5.41, 5.74) is 1.24. The molecule has 0 saturated heterocycles. The number of benzene rings is 2. The molecule has 0 heterocycles. The van der Waals surface area contributed by atoms with Crippen molar-refractivity contribution >= 4 is 21.7 Å². The fraction of sp³-hybridized carbons (Fsp3) is 0.278. The lowest BCUT2D eigenvalue weighted by Gasteiger charge is -2.12. The lowest BCUT2D eigenvalue weighted by atomic mass is 10.2. The molecule has 140 valence electrons. The van der Waals surface area contributed by atoms with Crippen molar-refractivity contribution in [3.05, 3.63) is 54.1 Å². The lowest BCUT2D eigenvalue weighted by Crippen LogP contribution is -2.19. The molecule has 0 aliphatic rings. The monoisotopic (exact) mass is 378 g/mol. The average molecular weight is 378 g/mol. The number of rotatable bonds is 9. The largest absolute Gasteiger partial charge is 0.383 e. The highest BCUT2D eigenvalue weighted by Gasteiger charge is 2.18. The van der Waals surface area contributed by atoms with Gasteiger partial charge in [0.1, 0.15) is 10.6 Å². The minimum absolute atomic E-state index is 0.00810. The highest BCUT2D eigenvalue weighted by atomic mass is 32.2. The van der Waals surface area contributed by atoms with Crippen molar-refractivity contribution < 1.29 is 22.1 Å². The first-order valence-electron chi connectivity index (χ1n) is 8.02. The van der Waals surface area contributed by atoms with E-state index >= 15 is 0 Å². The fourth-order valence-electron chi connectivity index (χ4n) is 2.20. The molecule has 0 aromatic heterocycles. The standard InChI is InChI=1S/C18H22N2O5S/c1-14(21)20-16-7-9-17(10-8-16)26(22,23)25-18-6-4-3-5-15(18)13-19-11-12-24-2/h3-10,19H,11-13H2,1-2H3,(H,20,21). The Bertz CT molecular complexity index is 835. The Hall–Kier alpha value is -2.42. The molecule has 26 heavy (non-hydrogen) atoms. The van der Waals surface area contributed by atoms with Gasteiger partial charge in [-0.3, -0.25) is 4.79 Å². The summed E-state index contributed by atoms with van der Waals surface area (Å²) in [6, 6.07) is 12.7. The Kier molecular flexibility index (Phi) is 7.14. The molecule has 0 atom stereocenters. The maximum absolute atomic E-state index is 12.5. The molecule has 0 spiro atoms. The number of carbonyl (C=O) groups is 1. The molecule has 0 aliphatic heterocycles. The van der Waals surface area contributed by atoms with Gasteiger partial charge >= 0.3 is 10.1 Å². The summed E-state index contributed by atoms with van der Waals surface area (Å²) in [6.45, 7) is 3.03. The number of anilines is 1. The van der Waals surface area contributed by atoms with E-state index in [0.717, 1.165) is 5.56 Å². The van der Waals surface area contributed by atoms with Gasteiger partial charge in [0.15, 0.2) is 0 Å². The van der Waals surface area contributed by atoms with Gasteiger partial charge in [-0.05, 0) is 30.3 Å². The van der Waals surface area contributed by atoms with Crippen molar-refractivity contribution in [1.29, 1.82) is 0 Å². The number of ether oxygens (including phenoxy) is 1. The van der Waals surface area contributed by atoms with E-state index in [0.29, 0.717) is 25.4 Å². The van der Waals surface area contributed by atoms with Crippen LogP contribution in [0.25, 0.3) is 0 Å². The Morgan fingerprint density at radius 2 is 1.77 bits per heavy atom. The predicted octanol–water partition coefficient (Wildman–Crippen LogP) is 2.15. The van der Waals surface area contributed by atoms with Crippen LogP contribution in [0.1, 0.15) is 12.5 Å². The van der Waals surface area contributed by atoms with Crippen LogP contribution in [0.5, 0.6) is 5.75 Å². The number of amides is 1. The third-order valence-corrected chi connectivity index (χ3v) is 4.68. The molecule has 0 fully saturated rings. The van der Waals surface area contributed by atoms with E-state index in [1.54, 1.807) is 25.3 Å². The maximum atomic E-state index is 12.5. The minimum Gasteiger partial charge on any atom is -0.383 e. The molecule has 0 bridgehead atoms. The van der Waals surface area contributed by atoms with Crippen molar-refractivity contribution in [2.75, 3.05) is 25.6 Å². The van der Waals surface area contributed by atoms with E-state index in [9.17, 15) is 13.2 Å². The van der Waals surface area contributed by atoms with Gasteiger partial charge in [0.25, 0.3) is 0 Å². The molecule has 1 amide bonds. The van der Waals surface area contributed by atoms with Crippen molar-refractivity contribution in [1.82, 2.24) is 5.32 Å². The number of hydrogen-bond acceptors (Lipinski definition) is 6. The van der Waals surface area contributed by atoms with Gasteiger partial charge in [-0.1, -0.05) is 18.2 Å². The summed E-state index contributed by atoms with van der Waals surface area (Å²) in [6.07, 6.45) is 0. The fourth-order valence-corrected chi connectivity index (χ4v) is 3.17. The summed E-state index contributed by atoms with van der Waals surface area (Å²) in [5, 5.41) is 5.74. The zero-order valence-electron chi connectivity index (χ0n) is 14.7. The minimum atomic E-state index is -3.98. The van der Waals surface area contributed by atoms with E-state index in [-0.39, 0.29) is 16.6 Å². The molecule has 0 saturated carbocycles. The zero-order chi connectivity index (χ0) is 19.0. The third kappa shape index (κ3) is 5.83. The van der Waals surface area contributed by atoms with Gasteiger partial charge in [0.05, 0.1) is 6.61 Å². The highest BCUT2D eigenvalue weighted by molar-refractivity contribution is 7.87. The van der Waals surface area contributed by atoms with Gasteiger partial charge in [0, 0.05) is 38.4 Å². The second-order valence-corrected chi connectivity index (χ2v) is 7.07. The van der Waals surface area contributed by atoms with Crippen LogP contribution < -0.4 is 14.8 Å². The van der Waals surface area contributed by atoms with Gasteiger partial charge in [-0.25, -0.2) is 0 Å². The van der Waals surface area contributed by atoms with Crippen LogP contribution in [-0.2, 0) is 26.2 Å². The molecule has 8 heteroatoms. The summed E-state index contributed by atoms with van der Waals surface area (Å²) >= 11 is 0. The van der Waals surface area contributed by atoms with E-state index in [4.69, 9.17) is 8.92 Å². The van der Waals surface area contributed by atoms with E-state index in [1.807, 2.05) is 6.07 Å². The molecular formula is C18H22N2O5S. The SMILES string of the molecule is COCCNCc1ccccc1OS(=O)(=O)c1ccc(NC(C)=O)cc1. The highest BCUT2D eigenvalue weighted by Crippen LogP contribution is 2.23. The molecule has 0 aliphatic carbocycles.